The second kappa shape index (κ2) is 7.87. The van der Waals surface area contributed by atoms with Gasteiger partial charge in [0.25, 0.3) is 0 Å². The Balaban J connectivity index is 1.43. The number of benzene rings is 1. The van der Waals surface area contributed by atoms with Crippen molar-refractivity contribution in [3.63, 3.8) is 0 Å². The monoisotopic (exact) mass is 399 g/mol. The number of hydrogen-bond donors (Lipinski definition) is 1. The molecule has 2 aliphatic rings. The van der Waals surface area contributed by atoms with E-state index in [0.717, 1.165) is 47.8 Å². The van der Waals surface area contributed by atoms with E-state index < -0.39 is 0 Å². The highest BCUT2D eigenvalue weighted by molar-refractivity contribution is 7.19. The summed E-state index contributed by atoms with van der Waals surface area (Å²) in [6, 6.07) is 6.09. The van der Waals surface area contributed by atoms with Gasteiger partial charge in [0, 0.05) is 31.7 Å². The number of anilines is 3. The molecule has 1 atom stereocenters. The van der Waals surface area contributed by atoms with Gasteiger partial charge < -0.3 is 10.2 Å². The summed E-state index contributed by atoms with van der Waals surface area (Å²) >= 11 is 1.44. The Hall–Kier alpha value is -2.48. The molecule has 3 heterocycles. The first-order valence-corrected chi connectivity index (χ1v) is 10.6. The van der Waals surface area contributed by atoms with Gasteiger partial charge in [-0.05, 0) is 50.3 Å². The highest BCUT2D eigenvalue weighted by atomic mass is 32.1. The van der Waals surface area contributed by atoms with Gasteiger partial charge in [0.1, 0.15) is 0 Å². The maximum atomic E-state index is 12.8. The highest BCUT2D eigenvalue weighted by Crippen LogP contribution is 2.32. The number of aromatic nitrogens is 2. The summed E-state index contributed by atoms with van der Waals surface area (Å²) in [4.78, 5) is 28.6. The molecule has 2 amide bonds. The molecule has 148 valence electrons. The van der Waals surface area contributed by atoms with Crippen LogP contribution in [0.2, 0.25) is 0 Å². The van der Waals surface area contributed by atoms with Crippen molar-refractivity contribution in [2.75, 3.05) is 34.8 Å². The minimum Gasteiger partial charge on any atom is -0.346 e. The molecule has 2 saturated heterocycles. The number of carbonyl (C=O) groups excluding carboxylic acids is 2. The van der Waals surface area contributed by atoms with Crippen LogP contribution >= 0.6 is 11.3 Å². The van der Waals surface area contributed by atoms with Crippen molar-refractivity contribution in [2.45, 2.75) is 39.5 Å². The normalized spacial score (nSPS) is 19.9. The van der Waals surface area contributed by atoms with Crippen molar-refractivity contribution in [2.24, 2.45) is 5.92 Å². The van der Waals surface area contributed by atoms with Crippen LogP contribution in [0.5, 0.6) is 0 Å². The molecule has 2 aromatic rings. The molecule has 0 saturated carbocycles. The molecular weight excluding hydrogens is 374 g/mol. The predicted octanol–water partition coefficient (Wildman–Crippen LogP) is 3.14. The Morgan fingerprint density at radius 1 is 1.18 bits per heavy atom. The number of hydrogen-bond acceptors (Lipinski definition) is 6. The second-order valence-corrected chi connectivity index (χ2v) is 8.54. The van der Waals surface area contributed by atoms with E-state index in [2.05, 4.69) is 20.4 Å². The second-order valence-electron chi connectivity index (χ2n) is 7.61. The molecule has 4 rings (SSSR count). The van der Waals surface area contributed by atoms with Crippen molar-refractivity contribution in [3.05, 3.63) is 29.3 Å². The van der Waals surface area contributed by atoms with E-state index in [-0.39, 0.29) is 17.7 Å². The molecule has 28 heavy (non-hydrogen) atoms. The van der Waals surface area contributed by atoms with Gasteiger partial charge in [-0.3, -0.25) is 14.5 Å². The fraction of sp³-hybridized carbons (Fsp3) is 0.500. The number of rotatable bonds is 4. The summed E-state index contributed by atoms with van der Waals surface area (Å²) in [5, 5.41) is 13.1. The zero-order valence-corrected chi connectivity index (χ0v) is 17.1. The van der Waals surface area contributed by atoms with Crippen molar-refractivity contribution in [3.8, 4) is 0 Å². The Bertz CT molecular complexity index is 896. The number of aryl methyl sites for hydroxylation is 2. The number of nitrogens with one attached hydrogen (secondary N) is 1. The van der Waals surface area contributed by atoms with Gasteiger partial charge in [0.05, 0.1) is 5.92 Å². The predicted molar refractivity (Wildman–Crippen MR) is 111 cm³/mol. The van der Waals surface area contributed by atoms with Crippen molar-refractivity contribution >= 4 is 39.1 Å². The molecule has 2 aliphatic heterocycles. The van der Waals surface area contributed by atoms with E-state index in [1.807, 2.05) is 32.0 Å². The van der Waals surface area contributed by atoms with E-state index in [9.17, 15) is 9.59 Å². The van der Waals surface area contributed by atoms with Gasteiger partial charge in [-0.1, -0.05) is 23.5 Å². The smallest absolute Gasteiger partial charge is 0.229 e. The Kier molecular flexibility index (Phi) is 5.30. The fourth-order valence-electron chi connectivity index (χ4n) is 3.77. The Morgan fingerprint density at radius 2 is 2.00 bits per heavy atom. The van der Waals surface area contributed by atoms with Crippen LogP contribution in [0.4, 0.5) is 16.0 Å². The molecule has 7 nitrogen and oxygen atoms in total. The summed E-state index contributed by atoms with van der Waals surface area (Å²) in [6.45, 7) is 6.23. The first kappa shape index (κ1) is 18.9. The standard InChI is InChI=1S/C20H25N5O2S/c1-13-7-8-14(2)16(11-13)21-18(27)15-5-3-9-24(12-15)19-22-23-20(28-19)25-10-4-6-17(25)26/h7-8,11,15H,3-6,9-10,12H2,1-2H3,(H,21,27)/t15-/m0/s1. The molecule has 1 aromatic carbocycles. The number of amides is 2. The fourth-order valence-corrected chi connectivity index (χ4v) is 4.69. The first-order valence-electron chi connectivity index (χ1n) is 9.78. The van der Waals surface area contributed by atoms with Gasteiger partial charge in [-0.25, -0.2) is 0 Å². The summed E-state index contributed by atoms with van der Waals surface area (Å²) in [6.07, 6.45) is 3.25. The molecule has 1 N–H and O–H groups in total. The SMILES string of the molecule is Cc1ccc(C)c(NC(=O)[C@H]2CCCN(c3nnc(N4CCCC4=O)s3)C2)c1. The quantitative estimate of drug-likeness (QED) is 0.855. The first-order chi connectivity index (χ1) is 13.5. The van der Waals surface area contributed by atoms with Gasteiger partial charge in [0.2, 0.25) is 22.1 Å². The third kappa shape index (κ3) is 3.87. The van der Waals surface area contributed by atoms with Gasteiger partial charge in [-0.15, -0.1) is 10.2 Å². The minimum absolute atomic E-state index is 0.0536. The van der Waals surface area contributed by atoms with E-state index in [4.69, 9.17) is 0 Å². The molecular formula is C20H25N5O2S. The van der Waals surface area contributed by atoms with Crippen LogP contribution in [-0.2, 0) is 9.59 Å². The third-order valence-corrected chi connectivity index (χ3v) is 6.43. The summed E-state index contributed by atoms with van der Waals surface area (Å²) in [5.74, 6) is 0.0828. The number of piperidine rings is 1. The lowest BCUT2D eigenvalue weighted by molar-refractivity contribution is -0.120. The maximum absolute atomic E-state index is 12.8. The molecule has 0 unspecified atom stereocenters. The lowest BCUT2D eigenvalue weighted by atomic mass is 9.97. The summed E-state index contributed by atoms with van der Waals surface area (Å²) < 4.78 is 0. The number of carbonyl (C=O) groups is 2. The molecule has 0 aliphatic carbocycles. The largest absolute Gasteiger partial charge is 0.346 e. The average Bonchev–Trinajstić information content (AvgIpc) is 3.33. The lowest BCUT2D eigenvalue weighted by Crippen LogP contribution is -2.40. The molecule has 0 spiro atoms. The Morgan fingerprint density at radius 3 is 2.79 bits per heavy atom. The van der Waals surface area contributed by atoms with Crippen LogP contribution < -0.4 is 15.1 Å². The topological polar surface area (TPSA) is 78.4 Å². The van der Waals surface area contributed by atoms with Gasteiger partial charge in [-0.2, -0.15) is 0 Å². The van der Waals surface area contributed by atoms with Crippen molar-refractivity contribution < 1.29 is 9.59 Å². The highest BCUT2D eigenvalue weighted by Gasteiger charge is 2.30. The lowest BCUT2D eigenvalue weighted by Gasteiger charge is -2.31. The molecule has 1 aromatic heterocycles. The van der Waals surface area contributed by atoms with Gasteiger partial charge in [0.15, 0.2) is 0 Å². The van der Waals surface area contributed by atoms with Crippen LogP contribution in [0.3, 0.4) is 0 Å². The number of nitrogens with zero attached hydrogens (tertiary/aromatic N) is 4. The minimum atomic E-state index is -0.0885. The molecule has 0 radical (unpaired) electrons. The van der Waals surface area contributed by atoms with Crippen molar-refractivity contribution in [1.29, 1.82) is 0 Å². The maximum Gasteiger partial charge on any atom is 0.229 e. The van der Waals surface area contributed by atoms with Crippen LogP contribution in [0.25, 0.3) is 0 Å². The van der Waals surface area contributed by atoms with Crippen molar-refractivity contribution in [1.82, 2.24) is 10.2 Å². The van der Waals surface area contributed by atoms with Crippen LogP contribution in [0.1, 0.15) is 36.8 Å². The van der Waals surface area contributed by atoms with Crippen LogP contribution in [-0.4, -0.2) is 41.6 Å². The average molecular weight is 400 g/mol. The van der Waals surface area contributed by atoms with Gasteiger partial charge >= 0.3 is 0 Å². The van der Waals surface area contributed by atoms with E-state index in [0.29, 0.717) is 24.6 Å². The van der Waals surface area contributed by atoms with Crippen LogP contribution in [0.15, 0.2) is 18.2 Å². The van der Waals surface area contributed by atoms with E-state index in [1.165, 1.54) is 11.3 Å². The Labute approximate surface area is 168 Å². The third-order valence-electron chi connectivity index (χ3n) is 5.42. The molecule has 2 fully saturated rings. The summed E-state index contributed by atoms with van der Waals surface area (Å²) in [7, 11) is 0. The molecule has 0 bridgehead atoms. The zero-order chi connectivity index (χ0) is 19.7. The zero-order valence-electron chi connectivity index (χ0n) is 16.3. The van der Waals surface area contributed by atoms with Crippen LogP contribution in [0, 0.1) is 19.8 Å². The van der Waals surface area contributed by atoms with E-state index in [1.54, 1.807) is 4.90 Å². The summed E-state index contributed by atoms with van der Waals surface area (Å²) in [5.41, 5.74) is 3.08. The molecule has 8 heteroatoms. The van der Waals surface area contributed by atoms with E-state index >= 15 is 0 Å².